The van der Waals surface area contributed by atoms with Crippen LogP contribution in [0.2, 0.25) is 0 Å². The number of aromatic nitrogens is 1. The Hall–Kier alpha value is -1.88. The third-order valence-corrected chi connectivity index (χ3v) is 3.05. The average molecular weight is 248 g/mol. The lowest BCUT2D eigenvalue weighted by atomic mass is 10.1. The lowest BCUT2D eigenvalue weighted by molar-refractivity contribution is 0.0697. The van der Waals surface area contributed by atoms with Crippen LogP contribution in [0, 0.1) is 6.92 Å². The summed E-state index contributed by atoms with van der Waals surface area (Å²) in [6.45, 7) is 2.53. The number of hydrogen-bond acceptors (Lipinski definition) is 4. The molecule has 2 aromatic rings. The van der Waals surface area contributed by atoms with Gasteiger partial charge in [-0.3, -0.25) is 0 Å². The van der Waals surface area contributed by atoms with E-state index in [4.69, 9.17) is 5.11 Å². The van der Waals surface area contributed by atoms with E-state index in [0.717, 1.165) is 16.9 Å². The molecule has 0 aliphatic rings. The SMILES string of the molecule is Cc1cc(C(=O)O)ccc1NCc1cscn1. The van der Waals surface area contributed by atoms with Gasteiger partial charge in [0.1, 0.15) is 0 Å². The molecule has 0 amide bonds. The fraction of sp³-hybridized carbons (Fsp3) is 0.167. The molecule has 0 radical (unpaired) electrons. The maximum atomic E-state index is 10.8. The highest BCUT2D eigenvalue weighted by atomic mass is 32.1. The number of rotatable bonds is 4. The van der Waals surface area contributed by atoms with Gasteiger partial charge in [0, 0.05) is 11.1 Å². The van der Waals surface area contributed by atoms with Crippen LogP contribution in [-0.2, 0) is 6.54 Å². The molecule has 4 nitrogen and oxygen atoms in total. The van der Waals surface area contributed by atoms with E-state index in [9.17, 15) is 4.79 Å². The number of benzene rings is 1. The van der Waals surface area contributed by atoms with Gasteiger partial charge < -0.3 is 10.4 Å². The van der Waals surface area contributed by atoms with E-state index >= 15 is 0 Å². The van der Waals surface area contributed by atoms with Crippen molar-refractivity contribution >= 4 is 23.0 Å². The second kappa shape index (κ2) is 4.97. The van der Waals surface area contributed by atoms with Gasteiger partial charge in [0.15, 0.2) is 0 Å². The van der Waals surface area contributed by atoms with Crippen LogP contribution in [0.5, 0.6) is 0 Å². The highest BCUT2D eigenvalue weighted by Gasteiger charge is 2.05. The Balaban J connectivity index is 2.09. The number of aromatic carboxylic acids is 1. The first kappa shape index (κ1) is 11.6. The predicted octanol–water partition coefficient (Wildman–Crippen LogP) is 2.76. The zero-order valence-electron chi connectivity index (χ0n) is 9.30. The van der Waals surface area contributed by atoms with Gasteiger partial charge in [0.25, 0.3) is 0 Å². The molecule has 17 heavy (non-hydrogen) atoms. The first-order valence-electron chi connectivity index (χ1n) is 5.11. The number of anilines is 1. The second-order valence-electron chi connectivity index (χ2n) is 3.67. The number of carbonyl (C=O) groups is 1. The zero-order chi connectivity index (χ0) is 12.3. The molecule has 0 bridgehead atoms. The summed E-state index contributed by atoms with van der Waals surface area (Å²) in [6, 6.07) is 5.04. The molecule has 0 saturated carbocycles. The number of nitrogens with one attached hydrogen (secondary N) is 1. The summed E-state index contributed by atoms with van der Waals surface area (Å²) in [4.78, 5) is 14.9. The molecule has 2 N–H and O–H groups in total. The topological polar surface area (TPSA) is 62.2 Å². The van der Waals surface area contributed by atoms with E-state index in [2.05, 4.69) is 10.3 Å². The normalized spacial score (nSPS) is 10.2. The molecule has 5 heteroatoms. The maximum absolute atomic E-state index is 10.8. The van der Waals surface area contributed by atoms with Gasteiger partial charge in [-0.05, 0) is 30.7 Å². The van der Waals surface area contributed by atoms with E-state index in [1.807, 2.05) is 12.3 Å². The van der Waals surface area contributed by atoms with Crippen LogP contribution in [0.15, 0.2) is 29.1 Å². The summed E-state index contributed by atoms with van der Waals surface area (Å²) in [5, 5.41) is 14.1. The minimum atomic E-state index is -0.904. The summed E-state index contributed by atoms with van der Waals surface area (Å²) >= 11 is 1.56. The molecule has 2 rings (SSSR count). The molecule has 0 saturated heterocycles. The summed E-state index contributed by atoms with van der Waals surface area (Å²) in [5.74, 6) is -0.904. The van der Waals surface area contributed by atoms with Crippen LogP contribution in [0.25, 0.3) is 0 Å². The molecule has 0 fully saturated rings. The number of carboxylic acids is 1. The van der Waals surface area contributed by atoms with Gasteiger partial charge in [-0.25, -0.2) is 9.78 Å². The van der Waals surface area contributed by atoms with E-state index in [1.54, 1.807) is 35.0 Å². The van der Waals surface area contributed by atoms with E-state index in [0.29, 0.717) is 12.1 Å². The molecule has 1 heterocycles. The second-order valence-corrected chi connectivity index (χ2v) is 4.39. The molecular weight excluding hydrogens is 236 g/mol. The molecule has 0 aliphatic heterocycles. The fourth-order valence-electron chi connectivity index (χ4n) is 1.51. The Bertz CT molecular complexity index is 523. The molecular formula is C12H12N2O2S. The highest BCUT2D eigenvalue weighted by molar-refractivity contribution is 7.07. The van der Waals surface area contributed by atoms with Gasteiger partial charge in [0.05, 0.1) is 23.3 Å². The van der Waals surface area contributed by atoms with Gasteiger partial charge in [-0.2, -0.15) is 0 Å². The van der Waals surface area contributed by atoms with Gasteiger partial charge in [-0.1, -0.05) is 0 Å². The Morgan fingerprint density at radius 1 is 1.53 bits per heavy atom. The number of carboxylic acid groups (broad SMARTS) is 1. The van der Waals surface area contributed by atoms with Crippen LogP contribution < -0.4 is 5.32 Å². The molecule has 0 unspecified atom stereocenters. The van der Waals surface area contributed by atoms with Crippen LogP contribution in [0.1, 0.15) is 21.6 Å². The van der Waals surface area contributed by atoms with Gasteiger partial charge in [0.2, 0.25) is 0 Å². The Morgan fingerprint density at radius 3 is 2.94 bits per heavy atom. The summed E-state index contributed by atoms with van der Waals surface area (Å²) in [5.41, 5.74) is 4.93. The molecule has 1 aromatic carbocycles. The lowest BCUT2D eigenvalue weighted by Gasteiger charge is -2.08. The third-order valence-electron chi connectivity index (χ3n) is 2.42. The largest absolute Gasteiger partial charge is 0.478 e. The Kier molecular flexibility index (Phi) is 3.39. The number of aryl methyl sites for hydroxylation is 1. The molecule has 0 atom stereocenters. The van der Waals surface area contributed by atoms with E-state index in [1.165, 1.54) is 0 Å². The van der Waals surface area contributed by atoms with Crippen molar-refractivity contribution in [2.24, 2.45) is 0 Å². The minimum Gasteiger partial charge on any atom is -0.478 e. The number of nitrogens with zero attached hydrogens (tertiary/aromatic N) is 1. The maximum Gasteiger partial charge on any atom is 0.335 e. The van der Waals surface area contributed by atoms with Crippen molar-refractivity contribution in [2.45, 2.75) is 13.5 Å². The monoisotopic (exact) mass is 248 g/mol. The van der Waals surface area contributed by atoms with Gasteiger partial charge >= 0.3 is 5.97 Å². The molecule has 0 spiro atoms. The highest BCUT2D eigenvalue weighted by Crippen LogP contribution is 2.17. The standard InChI is InChI=1S/C12H12N2O2S/c1-8-4-9(12(15)16)2-3-11(8)13-5-10-6-17-7-14-10/h2-4,6-7,13H,5H2,1H3,(H,15,16). The van der Waals surface area contributed by atoms with E-state index < -0.39 is 5.97 Å². The van der Waals surface area contributed by atoms with Crippen LogP contribution in [-0.4, -0.2) is 16.1 Å². The number of hydrogen-bond donors (Lipinski definition) is 2. The first-order valence-corrected chi connectivity index (χ1v) is 6.06. The van der Waals surface area contributed by atoms with Crippen LogP contribution in [0.3, 0.4) is 0 Å². The fourth-order valence-corrected chi connectivity index (χ4v) is 2.06. The zero-order valence-corrected chi connectivity index (χ0v) is 10.1. The Labute approximate surface area is 103 Å². The first-order chi connectivity index (χ1) is 8.16. The summed E-state index contributed by atoms with van der Waals surface area (Å²) in [6.07, 6.45) is 0. The Morgan fingerprint density at radius 2 is 2.35 bits per heavy atom. The smallest absolute Gasteiger partial charge is 0.335 e. The van der Waals surface area contributed by atoms with Crippen LogP contribution >= 0.6 is 11.3 Å². The number of thiazole rings is 1. The minimum absolute atomic E-state index is 0.307. The van der Waals surface area contributed by atoms with Crippen molar-refractivity contribution in [3.63, 3.8) is 0 Å². The van der Waals surface area contributed by atoms with E-state index in [-0.39, 0.29) is 0 Å². The van der Waals surface area contributed by atoms with Crippen molar-refractivity contribution in [1.29, 1.82) is 0 Å². The van der Waals surface area contributed by atoms with Crippen molar-refractivity contribution in [3.05, 3.63) is 45.9 Å². The molecule has 1 aromatic heterocycles. The van der Waals surface area contributed by atoms with Crippen molar-refractivity contribution in [2.75, 3.05) is 5.32 Å². The molecule has 0 aliphatic carbocycles. The van der Waals surface area contributed by atoms with Crippen molar-refractivity contribution in [1.82, 2.24) is 4.98 Å². The average Bonchev–Trinajstić information content (AvgIpc) is 2.80. The van der Waals surface area contributed by atoms with Gasteiger partial charge in [-0.15, -0.1) is 11.3 Å². The quantitative estimate of drug-likeness (QED) is 0.873. The van der Waals surface area contributed by atoms with Crippen molar-refractivity contribution < 1.29 is 9.90 Å². The van der Waals surface area contributed by atoms with Crippen LogP contribution in [0.4, 0.5) is 5.69 Å². The lowest BCUT2D eigenvalue weighted by Crippen LogP contribution is -2.03. The third kappa shape index (κ3) is 2.82. The van der Waals surface area contributed by atoms with Crippen molar-refractivity contribution in [3.8, 4) is 0 Å². The molecule has 88 valence electrons. The predicted molar refractivity (Wildman–Crippen MR) is 67.6 cm³/mol. The summed E-state index contributed by atoms with van der Waals surface area (Å²) < 4.78 is 0. The summed E-state index contributed by atoms with van der Waals surface area (Å²) in [7, 11) is 0.